The van der Waals surface area contributed by atoms with Gasteiger partial charge in [-0.15, -0.1) is 11.3 Å². The van der Waals surface area contributed by atoms with Gasteiger partial charge in [0.05, 0.1) is 6.26 Å². The van der Waals surface area contributed by atoms with Crippen LogP contribution < -0.4 is 5.73 Å². The number of hydrogen-bond acceptors (Lipinski definition) is 4. The Morgan fingerprint density at radius 3 is 3.00 bits per heavy atom. The molecule has 0 aliphatic carbocycles. The van der Waals surface area contributed by atoms with Crippen LogP contribution in [0.4, 0.5) is 5.82 Å². The van der Waals surface area contributed by atoms with Crippen molar-refractivity contribution in [1.82, 2.24) is 4.98 Å². The molecule has 0 amide bonds. The molecule has 0 unspecified atom stereocenters. The number of furan rings is 1. The standard InChI is InChI=1S/C7H6N2OS/c8-6-4-11-7(9-6)5-1-2-10-3-5/h1-4H,8H2. The molecule has 2 aromatic rings. The van der Waals surface area contributed by atoms with Crippen molar-refractivity contribution in [2.75, 3.05) is 5.73 Å². The largest absolute Gasteiger partial charge is 0.472 e. The molecule has 0 fully saturated rings. The molecule has 4 heteroatoms. The highest BCUT2D eigenvalue weighted by atomic mass is 32.1. The molecule has 0 saturated heterocycles. The van der Waals surface area contributed by atoms with Crippen molar-refractivity contribution in [3.05, 3.63) is 24.0 Å². The number of hydrogen-bond donors (Lipinski definition) is 1. The molecule has 0 spiro atoms. The van der Waals surface area contributed by atoms with Crippen LogP contribution in [0.15, 0.2) is 28.4 Å². The summed E-state index contributed by atoms with van der Waals surface area (Å²) < 4.78 is 4.90. The van der Waals surface area contributed by atoms with Gasteiger partial charge in [0.2, 0.25) is 0 Å². The molecule has 0 aliphatic heterocycles. The highest BCUT2D eigenvalue weighted by Gasteiger charge is 2.02. The molecule has 3 nitrogen and oxygen atoms in total. The summed E-state index contributed by atoms with van der Waals surface area (Å²) in [5.74, 6) is 0.561. The molecule has 2 aromatic heterocycles. The lowest BCUT2D eigenvalue weighted by Gasteiger charge is -1.83. The zero-order valence-electron chi connectivity index (χ0n) is 5.65. The van der Waals surface area contributed by atoms with Gasteiger partial charge in [0.1, 0.15) is 17.1 Å². The Morgan fingerprint density at radius 1 is 1.55 bits per heavy atom. The SMILES string of the molecule is Nc1csc(-c2ccoc2)n1. The normalized spacial score (nSPS) is 10.2. The topological polar surface area (TPSA) is 52.0 Å². The first-order valence-electron chi connectivity index (χ1n) is 3.10. The fourth-order valence-corrected chi connectivity index (χ4v) is 1.50. The van der Waals surface area contributed by atoms with Crippen LogP contribution in [0, 0.1) is 0 Å². The first kappa shape index (κ1) is 6.42. The number of nitrogen functional groups attached to an aromatic ring is 1. The third-order valence-corrected chi connectivity index (χ3v) is 2.20. The van der Waals surface area contributed by atoms with Crippen molar-refractivity contribution >= 4 is 17.2 Å². The quantitative estimate of drug-likeness (QED) is 0.704. The maximum Gasteiger partial charge on any atom is 0.135 e. The van der Waals surface area contributed by atoms with Gasteiger partial charge in [-0.2, -0.15) is 0 Å². The van der Waals surface area contributed by atoms with Gasteiger partial charge in [-0.1, -0.05) is 0 Å². The molecule has 2 N–H and O–H groups in total. The Kier molecular flexibility index (Phi) is 1.40. The lowest BCUT2D eigenvalue weighted by atomic mass is 10.4. The van der Waals surface area contributed by atoms with E-state index in [9.17, 15) is 0 Å². The van der Waals surface area contributed by atoms with Gasteiger partial charge in [-0.3, -0.25) is 0 Å². The summed E-state index contributed by atoms with van der Waals surface area (Å²) in [6.07, 6.45) is 3.27. The van der Waals surface area contributed by atoms with Crippen LogP contribution >= 0.6 is 11.3 Å². The Balaban J connectivity index is 2.45. The van der Waals surface area contributed by atoms with Gasteiger partial charge >= 0.3 is 0 Å². The van der Waals surface area contributed by atoms with Crippen LogP contribution in [0.5, 0.6) is 0 Å². The highest BCUT2D eigenvalue weighted by Crippen LogP contribution is 2.24. The Bertz CT molecular complexity index is 339. The monoisotopic (exact) mass is 166 g/mol. The summed E-state index contributed by atoms with van der Waals surface area (Å²) >= 11 is 1.51. The van der Waals surface area contributed by atoms with E-state index in [1.807, 2.05) is 11.4 Å². The van der Waals surface area contributed by atoms with Crippen LogP contribution in [0.2, 0.25) is 0 Å². The first-order chi connectivity index (χ1) is 5.36. The number of rotatable bonds is 1. The molecule has 2 heterocycles. The van der Waals surface area contributed by atoms with E-state index in [1.165, 1.54) is 11.3 Å². The van der Waals surface area contributed by atoms with E-state index in [2.05, 4.69) is 4.98 Å². The van der Waals surface area contributed by atoms with Crippen LogP contribution in [0.1, 0.15) is 0 Å². The van der Waals surface area contributed by atoms with E-state index >= 15 is 0 Å². The predicted octanol–water partition coefficient (Wildman–Crippen LogP) is 1.99. The van der Waals surface area contributed by atoms with Gasteiger partial charge < -0.3 is 10.2 Å². The van der Waals surface area contributed by atoms with Gasteiger partial charge in [0, 0.05) is 10.9 Å². The van der Waals surface area contributed by atoms with E-state index in [0.717, 1.165) is 10.6 Å². The average molecular weight is 166 g/mol. The zero-order valence-corrected chi connectivity index (χ0v) is 6.47. The van der Waals surface area contributed by atoms with Crippen LogP contribution in [0.25, 0.3) is 10.6 Å². The summed E-state index contributed by atoms with van der Waals surface area (Å²) in [6, 6.07) is 1.86. The maximum absolute atomic E-state index is 5.45. The summed E-state index contributed by atoms with van der Waals surface area (Å²) in [7, 11) is 0. The lowest BCUT2D eigenvalue weighted by Crippen LogP contribution is -1.82. The highest BCUT2D eigenvalue weighted by molar-refractivity contribution is 7.13. The van der Waals surface area contributed by atoms with Crippen molar-refractivity contribution in [2.45, 2.75) is 0 Å². The van der Waals surface area contributed by atoms with Crippen molar-refractivity contribution in [3.63, 3.8) is 0 Å². The van der Waals surface area contributed by atoms with Crippen LogP contribution in [-0.2, 0) is 0 Å². The van der Waals surface area contributed by atoms with Gasteiger partial charge in [-0.25, -0.2) is 4.98 Å². The zero-order chi connectivity index (χ0) is 7.68. The number of aromatic nitrogens is 1. The third-order valence-electron chi connectivity index (χ3n) is 1.29. The van der Waals surface area contributed by atoms with Crippen molar-refractivity contribution in [2.24, 2.45) is 0 Å². The fraction of sp³-hybridized carbons (Fsp3) is 0. The molecule has 0 bridgehead atoms. The van der Waals surface area contributed by atoms with Crippen LogP contribution in [0.3, 0.4) is 0 Å². The van der Waals surface area contributed by atoms with E-state index < -0.39 is 0 Å². The third kappa shape index (κ3) is 1.12. The second-order valence-electron chi connectivity index (χ2n) is 2.09. The molecule has 11 heavy (non-hydrogen) atoms. The van der Waals surface area contributed by atoms with E-state index in [-0.39, 0.29) is 0 Å². The Labute approximate surface area is 67.5 Å². The van der Waals surface area contributed by atoms with Crippen molar-refractivity contribution in [1.29, 1.82) is 0 Å². The van der Waals surface area contributed by atoms with Crippen LogP contribution in [-0.4, -0.2) is 4.98 Å². The second kappa shape index (κ2) is 2.39. The Morgan fingerprint density at radius 2 is 2.45 bits per heavy atom. The molecule has 56 valence electrons. The first-order valence-corrected chi connectivity index (χ1v) is 3.98. The molecule has 0 saturated carbocycles. The Hall–Kier alpha value is -1.29. The van der Waals surface area contributed by atoms with Gasteiger partial charge in [0.25, 0.3) is 0 Å². The number of nitrogens with two attached hydrogens (primary N) is 1. The molecular weight excluding hydrogens is 160 g/mol. The summed E-state index contributed by atoms with van der Waals surface area (Å²) in [5, 5.41) is 2.71. The minimum Gasteiger partial charge on any atom is -0.472 e. The van der Waals surface area contributed by atoms with Gasteiger partial charge in [-0.05, 0) is 6.07 Å². The van der Waals surface area contributed by atoms with Crippen molar-refractivity contribution < 1.29 is 4.42 Å². The van der Waals surface area contributed by atoms with E-state index in [0.29, 0.717) is 5.82 Å². The molecule has 0 aliphatic rings. The molecule has 0 atom stereocenters. The summed E-state index contributed by atoms with van der Waals surface area (Å²) in [5.41, 5.74) is 6.43. The van der Waals surface area contributed by atoms with E-state index in [1.54, 1.807) is 12.5 Å². The van der Waals surface area contributed by atoms with E-state index in [4.69, 9.17) is 10.2 Å². The minimum atomic E-state index is 0.561. The smallest absolute Gasteiger partial charge is 0.135 e. The minimum absolute atomic E-state index is 0.561. The molecular formula is C7H6N2OS. The number of anilines is 1. The maximum atomic E-state index is 5.45. The predicted molar refractivity (Wildman–Crippen MR) is 44.2 cm³/mol. The average Bonchev–Trinajstić information content (AvgIpc) is 2.55. The van der Waals surface area contributed by atoms with Crippen molar-refractivity contribution in [3.8, 4) is 10.6 Å². The van der Waals surface area contributed by atoms with Gasteiger partial charge in [0.15, 0.2) is 0 Å². The number of nitrogens with zero attached hydrogens (tertiary/aromatic N) is 1. The molecule has 0 aromatic carbocycles. The second-order valence-corrected chi connectivity index (χ2v) is 2.95. The number of thiazole rings is 1. The molecule has 0 radical (unpaired) electrons. The lowest BCUT2D eigenvalue weighted by molar-refractivity contribution is 0.568. The summed E-state index contributed by atoms with van der Waals surface area (Å²) in [4.78, 5) is 4.09. The fourth-order valence-electron chi connectivity index (χ4n) is 0.805. The molecule has 2 rings (SSSR count). The summed E-state index contributed by atoms with van der Waals surface area (Å²) in [6.45, 7) is 0.